The van der Waals surface area contributed by atoms with E-state index in [1.54, 1.807) is 12.4 Å². The predicted octanol–water partition coefficient (Wildman–Crippen LogP) is 1.80. The molecule has 8 heteroatoms. The molecule has 1 saturated heterocycles. The topological polar surface area (TPSA) is 99.7 Å². The normalized spacial score (nSPS) is 21.0. The molecular formula is C21H25N5O3. The number of piperidine rings is 1. The molecule has 2 aromatic rings. The van der Waals surface area contributed by atoms with E-state index < -0.39 is 5.60 Å². The van der Waals surface area contributed by atoms with E-state index in [9.17, 15) is 9.59 Å². The van der Waals surface area contributed by atoms with Gasteiger partial charge in [-0.1, -0.05) is 11.2 Å². The van der Waals surface area contributed by atoms with E-state index in [-0.39, 0.29) is 11.8 Å². The van der Waals surface area contributed by atoms with Gasteiger partial charge in [-0.25, -0.2) is 0 Å². The number of rotatable bonds is 6. The second-order valence-corrected chi connectivity index (χ2v) is 7.65. The summed E-state index contributed by atoms with van der Waals surface area (Å²) < 4.78 is 0. The molecule has 2 aliphatic heterocycles. The van der Waals surface area contributed by atoms with Crippen LogP contribution in [-0.2, 0) is 27.4 Å². The Morgan fingerprint density at radius 3 is 3.03 bits per heavy atom. The van der Waals surface area contributed by atoms with Crippen LogP contribution in [0.2, 0.25) is 0 Å². The molecule has 29 heavy (non-hydrogen) atoms. The zero-order valence-electron chi connectivity index (χ0n) is 16.3. The van der Waals surface area contributed by atoms with Crippen molar-refractivity contribution < 1.29 is 14.4 Å². The first-order valence-corrected chi connectivity index (χ1v) is 9.96. The summed E-state index contributed by atoms with van der Waals surface area (Å²) in [6.45, 7) is 1.58. The van der Waals surface area contributed by atoms with Crippen LogP contribution in [0.5, 0.6) is 0 Å². The van der Waals surface area contributed by atoms with Gasteiger partial charge in [0.15, 0.2) is 5.60 Å². The van der Waals surface area contributed by atoms with Crippen LogP contribution in [0.1, 0.15) is 36.9 Å². The van der Waals surface area contributed by atoms with Crippen molar-refractivity contribution >= 4 is 17.5 Å². The molecule has 0 aromatic carbocycles. The number of aryl methyl sites for hydroxylation is 1. The van der Waals surface area contributed by atoms with E-state index in [1.807, 2.05) is 35.4 Å². The molecule has 0 saturated carbocycles. The molecule has 1 atom stereocenters. The van der Waals surface area contributed by atoms with E-state index in [0.29, 0.717) is 38.1 Å². The van der Waals surface area contributed by atoms with Crippen molar-refractivity contribution in [2.24, 2.45) is 5.16 Å². The Morgan fingerprint density at radius 1 is 1.31 bits per heavy atom. The monoisotopic (exact) mass is 395 g/mol. The van der Waals surface area contributed by atoms with E-state index >= 15 is 0 Å². The molecule has 0 bridgehead atoms. The average Bonchev–Trinajstić information content (AvgIpc) is 3.41. The SMILES string of the molecule is O=C(NCc1cccnc1)C1=NOC2(CCCN(C(=O)CCc3ccc[nH]3)C2)C1. The molecule has 4 rings (SSSR count). The summed E-state index contributed by atoms with van der Waals surface area (Å²) >= 11 is 0. The molecular weight excluding hydrogens is 370 g/mol. The molecule has 8 nitrogen and oxygen atoms in total. The van der Waals surface area contributed by atoms with Crippen molar-refractivity contribution in [2.45, 2.75) is 44.2 Å². The number of carbonyl (C=O) groups is 2. The number of hydrogen-bond donors (Lipinski definition) is 2. The van der Waals surface area contributed by atoms with Crippen molar-refractivity contribution in [3.8, 4) is 0 Å². The Bertz CT molecular complexity index is 881. The van der Waals surface area contributed by atoms with Crippen molar-refractivity contribution in [1.29, 1.82) is 0 Å². The standard InChI is InChI=1S/C21H25N5O3/c27-19(7-6-17-5-2-10-23-17)26-11-3-8-21(15-26)12-18(25-29-21)20(28)24-14-16-4-1-9-22-13-16/h1-2,4-5,9-10,13,23H,3,6-8,11-12,14-15H2,(H,24,28). The van der Waals surface area contributed by atoms with Crippen molar-refractivity contribution in [2.75, 3.05) is 13.1 Å². The van der Waals surface area contributed by atoms with Gasteiger partial charge < -0.3 is 20.0 Å². The Kier molecular flexibility index (Phi) is 5.59. The molecule has 2 N–H and O–H groups in total. The number of H-pyrrole nitrogens is 1. The van der Waals surface area contributed by atoms with Gasteiger partial charge in [0, 0.05) is 50.2 Å². The molecule has 1 fully saturated rings. The Hall–Kier alpha value is -3.16. The third-order valence-electron chi connectivity index (χ3n) is 5.44. The summed E-state index contributed by atoms with van der Waals surface area (Å²) in [6.07, 6.45) is 8.46. The van der Waals surface area contributed by atoms with Gasteiger partial charge >= 0.3 is 0 Å². The molecule has 2 amide bonds. The van der Waals surface area contributed by atoms with Gasteiger partial charge in [-0.05, 0) is 43.0 Å². The molecule has 1 spiro atoms. The number of aromatic amines is 1. The second-order valence-electron chi connectivity index (χ2n) is 7.65. The van der Waals surface area contributed by atoms with Gasteiger partial charge in [0.1, 0.15) is 5.71 Å². The number of nitrogens with zero attached hydrogens (tertiary/aromatic N) is 3. The van der Waals surface area contributed by atoms with Crippen LogP contribution < -0.4 is 5.32 Å². The van der Waals surface area contributed by atoms with Crippen LogP contribution in [0, 0.1) is 0 Å². The highest BCUT2D eigenvalue weighted by Crippen LogP contribution is 2.33. The van der Waals surface area contributed by atoms with Crippen molar-refractivity contribution in [1.82, 2.24) is 20.2 Å². The number of hydrogen-bond acceptors (Lipinski definition) is 5. The molecule has 2 aromatic heterocycles. The fraction of sp³-hybridized carbons (Fsp3) is 0.429. The van der Waals surface area contributed by atoms with E-state index in [1.165, 1.54) is 0 Å². The van der Waals surface area contributed by atoms with Gasteiger partial charge in [-0.2, -0.15) is 0 Å². The molecule has 2 aliphatic rings. The predicted molar refractivity (Wildman–Crippen MR) is 107 cm³/mol. The number of aromatic nitrogens is 2. The number of amides is 2. The largest absolute Gasteiger partial charge is 0.386 e. The number of likely N-dealkylation sites (tertiary alicyclic amines) is 1. The van der Waals surface area contributed by atoms with Crippen molar-refractivity contribution in [3.05, 3.63) is 54.1 Å². The lowest BCUT2D eigenvalue weighted by Crippen LogP contribution is -2.51. The van der Waals surface area contributed by atoms with Gasteiger partial charge in [0.05, 0.1) is 6.54 Å². The molecule has 4 heterocycles. The molecule has 1 unspecified atom stereocenters. The first-order chi connectivity index (χ1) is 14.1. The number of carbonyl (C=O) groups excluding carboxylic acids is 2. The van der Waals surface area contributed by atoms with Crippen LogP contribution in [0.25, 0.3) is 0 Å². The van der Waals surface area contributed by atoms with Gasteiger partial charge in [0.2, 0.25) is 5.91 Å². The minimum Gasteiger partial charge on any atom is -0.386 e. The highest BCUT2D eigenvalue weighted by molar-refractivity contribution is 6.39. The molecule has 0 aliphatic carbocycles. The first kappa shape index (κ1) is 19.2. The summed E-state index contributed by atoms with van der Waals surface area (Å²) in [4.78, 5) is 39.8. The zero-order valence-corrected chi connectivity index (χ0v) is 16.3. The maximum atomic E-state index is 12.6. The summed E-state index contributed by atoms with van der Waals surface area (Å²) in [7, 11) is 0. The van der Waals surface area contributed by atoms with Crippen LogP contribution >= 0.6 is 0 Å². The third-order valence-corrected chi connectivity index (χ3v) is 5.44. The van der Waals surface area contributed by atoms with Gasteiger partial charge in [0.25, 0.3) is 5.91 Å². The fourth-order valence-electron chi connectivity index (χ4n) is 3.88. The van der Waals surface area contributed by atoms with Crippen molar-refractivity contribution in [3.63, 3.8) is 0 Å². The van der Waals surface area contributed by atoms with E-state index in [4.69, 9.17) is 4.84 Å². The summed E-state index contributed by atoms with van der Waals surface area (Å²) in [5.41, 5.74) is 1.78. The fourth-order valence-corrected chi connectivity index (χ4v) is 3.88. The summed E-state index contributed by atoms with van der Waals surface area (Å²) in [5.74, 6) is -0.127. The Balaban J connectivity index is 1.29. The van der Waals surface area contributed by atoms with Crippen LogP contribution in [0.4, 0.5) is 0 Å². The Labute approximate surface area is 169 Å². The van der Waals surface area contributed by atoms with E-state index in [2.05, 4.69) is 20.4 Å². The minimum absolute atomic E-state index is 0.108. The maximum Gasteiger partial charge on any atom is 0.269 e. The maximum absolute atomic E-state index is 12.6. The van der Waals surface area contributed by atoms with Crippen LogP contribution in [0.3, 0.4) is 0 Å². The lowest BCUT2D eigenvalue weighted by Gasteiger charge is -2.38. The van der Waals surface area contributed by atoms with Gasteiger partial charge in [-0.15, -0.1) is 0 Å². The summed E-state index contributed by atoms with van der Waals surface area (Å²) in [6, 6.07) is 7.64. The van der Waals surface area contributed by atoms with Gasteiger partial charge in [-0.3, -0.25) is 14.6 Å². The van der Waals surface area contributed by atoms with Crippen LogP contribution in [-0.4, -0.2) is 51.1 Å². The lowest BCUT2D eigenvalue weighted by molar-refractivity contribution is -0.140. The lowest BCUT2D eigenvalue weighted by atomic mass is 9.87. The minimum atomic E-state index is -0.582. The third kappa shape index (κ3) is 4.64. The van der Waals surface area contributed by atoms with Crippen LogP contribution in [0.15, 0.2) is 48.0 Å². The highest BCUT2D eigenvalue weighted by atomic mass is 16.7. The number of oxime groups is 1. The number of pyridine rings is 1. The zero-order chi connectivity index (χ0) is 20.1. The highest BCUT2D eigenvalue weighted by Gasteiger charge is 2.45. The summed E-state index contributed by atoms with van der Waals surface area (Å²) in [5, 5.41) is 6.91. The first-order valence-electron chi connectivity index (χ1n) is 9.96. The average molecular weight is 395 g/mol. The number of nitrogens with one attached hydrogen (secondary N) is 2. The quantitative estimate of drug-likeness (QED) is 0.779. The molecule has 152 valence electrons. The smallest absolute Gasteiger partial charge is 0.269 e. The second kappa shape index (κ2) is 8.46. The Morgan fingerprint density at radius 2 is 2.24 bits per heavy atom. The van der Waals surface area contributed by atoms with E-state index in [0.717, 1.165) is 30.6 Å². The molecule has 0 radical (unpaired) electrons.